The van der Waals surface area contributed by atoms with Crippen molar-refractivity contribution in [2.75, 3.05) is 24.2 Å². The first-order valence-corrected chi connectivity index (χ1v) is 5.97. The topological polar surface area (TPSA) is 80.1 Å². The van der Waals surface area contributed by atoms with Crippen LogP contribution in [0.4, 0.5) is 30.5 Å². The monoisotopic (exact) mass is 292 g/mol. The summed E-state index contributed by atoms with van der Waals surface area (Å²) in [6.45, 7) is 0.192. The number of hydrogen-bond donors (Lipinski definition) is 2. The zero-order chi connectivity index (χ0) is 15.2. The molecular formula is C11H15F3N4O2. The van der Waals surface area contributed by atoms with Crippen molar-refractivity contribution in [2.24, 2.45) is 0 Å². The highest BCUT2D eigenvalue weighted by Crippen LogP contribution is 2.25. The van der Waals surface area contributed by atoms with E-state index in [4.69, 9.17) is 0 Å². The van der Waals surface area contributed by atoms with Crippen molar-refractivity contribution in [1.29, 1.82) is 0 Å². The maximum atomic E-state index is 11.9. The highest BCUT2D eigenvalue weighted by Gasteiger charge is 2.25. The number of aromatic nitrogens is 1. The molecule has 0 saturated heterocycles. The quantitative estimate of drug-likeness (QED) is 0.458. The summed E-state index contributed by atoms with van der Waals surface area (Å²) in [5.74, 6) is 0.488. The van der Waals surface area contributed by atoms with Crippen molar-refractivity contribution in [1.82, 2.24) is 4.98 Å². The maximum absolute atomic E-state index is 11.9. The number of nitro groups is 1. The average Bonchev–Trinajstić information content (AvgIpc) is 2.36. The first-order chi connectivity index (χ1) is 9.33. The predicted molar refractivity (Wildman–Crippen MR) is 68.8 cm³/mol. The SMILES string of the molecule is CNc1ccc([N+](=O)[O-])c(NCCCCC(F)(F)F)n1. The molecule has 0 aliphatic heterocycles. The van der Waals surface area contributed by atoms with Gasteiger partial charge in [0.05, 0.1) is 4.92 Å². The van der Waals surface area contributed by atoms with Crippen LogP contribution in [0.5, 0.6) is 0 Å². The summed E-state index contributed by atoms with van der Waals surface area (Å²) in [6.07, 6.45) is -4.81. The first-order valence-electron chi connectivity index (χ1n) is 5.97. The minimum Gasteiger partial charge on any atom is -0.373 e. The van der Waals surface area contributed by atoms with E-state index in [1.54, 1.807) is 7.05 Å². The lowest BCUT2D eigenvalue weighted by Crippen LogP contribution is -2.10. The van der Waals surface area contributed by atoms with E-state index >= 15 is 0 Å². The normalized spacial score (nSPS) is 11.2. The fraction of sp³-hybridized carbons (Fsp3) is 0.545. The molecule has 0 spiro atoms. The summed E-state index contributed by atoms with van der Waals surface area (Å²) in [7, 11) is 1.61. The second kappa shape index (κ2) is 6.92. The number of pyridine rings is 1. The first kappa shape index (κ1) is 16.0. The summed E-state index contributed by atoms with van der Waals surface area (Å²) in [4.78, 5) is 14.2. The van der Waals surface area contributed by atoms with Crippen LogP contribution in [0.25, 0.3) is 0 Å². The summed E-state index contributed by atoms with van der Waals surface area (Å²) < 4.78 is 35.8. The Labute approximate surface area is 113 Å². The van der Waals surface area contributed by atoms with Gasteiger partial charge < -0.3 is 10.6 Å². The molecule has 0 aromatic carbocycles. The van der Waals surface area contributed by atoms with E-state index in [2.05, 4.69) is 15.6 Å². The zero-order valence-corrected chi connectivity index (χ0v) is 10.8. The van der Waals surface area contributed by atoms with Gasteiger partial charge in [-0.1, -0.05) is 0 Å². The third kappa shape index (κ3) is 5.29. The van der Waals surface area contributed by atoms with E-state index < -0.39 is 17.5 Å². The number of nitrogens with one attached hydrogen (secondary N) is 2. The summed E-state index contributed by atoms with van der Waals surface area (Å²) in [6, 6.07) is 2.74. The molecule has 0 unspecified atom stereocenters. The van der Waals surface area contributed by atoms with Gasteiger partial charge in [-0.2, -0.15) is 13.2 Å². The molecule has 112 valence electrons. The average molecular weight is 292 g/mol. The fourth-order valence-corrected chi connectivity index (χ4v) is 1.53. The second-order valence-electron chi connectivity index (χ2n) is 4.07. The molecule has 1 rings (SSSR count). The Morgan fingerprint density at radius 1 is 1.35 bits per heavy atom. The molecule has 1 aromatic rings. The highest BCUT2D eigenvalue weighted by molar-refractivity contribution is 5.60. The molecule has 1 heterocycles. The van der Waals surface area contributed by atoms with Gasteiger partial charge in [-0.15, -0.1) is 0 Å². The molecule has 6 nitrogen and oxygen atoms in total. The van der Waals surface area contributed by atoms with Gasteiger partial charge in [-0.3, -0.25) is 10.1 Å². The van der Waals surface area contributed by atoms with Crippen LogP contribution in [0, 0.1) is 10.1 Å². The van der Waals surface area contributed by atoms with Crippen molar-refractivity contribution in [2.45, 2.75) is 25.4 Å². The third-order valence-electron chi connectivity index (χ3n) is 2.51. The van der Waals surface area contributed by atoms with E-state index in [1.165, 1.54) is 12.1 Å². The van der Waals surface area contributed by atoms with Crippen molar-refractivity contribution in [3.05, 3.63) is 22.2 Å². The largest absolute Gasteiger partial charge is 0.389 e. The Hall–Kier alpha value is -2.06. The lowest BCUT2D eigenvalue weighted by Gasteiger charge is -2.09. The van der Waals surface area contributed by atoms with E-state index in [0.717, 1.165) is 0 Å². The van der Waals surface area contributed by atoms with Crippen molar-refractivity contribution in [3.8, 4) is 0 Å². The number of anilines is 2. The van der Waals surface area contributed by atoms with Gasteiger partial charge in [0.25, 0.3) is 0 Å². The molecule has 0 saturated carbocycles. The molecule has 0 fully saturated rings. The molecule has 2 N–H and O–H groups in total. The van der Waals surface area contributed by atoms with E-state index in [0.29, 0.717) is 5.82 Å². The Bertz CT molecular complexity index is 465. The third-order valence-corrected chi connectivity index (χ3v) is 2.51. The minimum atomic E-state index is -4.17. The molecule has 20 heavy (non-hydrogen) atoms. The molecule has 0 bridgehead atoms. The molecule has 0 aliphatic rings. The fourth-order valence-electron chi connectivity index (χ4n) is 1.53. The molecule has 0 aliphatic carbocycles. The maximum Gasteiger partial charge on any atom is 0.389 e. The zero-order valence-electron chi connectivity index (χ0n) is 10.8. The Morgan fingerprint density at radius 2 is 2.05 bits per heavy atom. The Kier molecular flexibility index (Phi) is 5.53. The Morgan fingerprint density at radius 3 is 2.60 bits per heavy atom. The van der Waals surface area contributed by atoms with Crippen LogP contribution in [0.3, 0.4) is 0 Å². The Balaban J connectivity index is 2.55. The van der Waals surface area contributed by atoms with Gasteiger partial charge in [0.2, 0.25) is 5.82 Å². The molecule has 1 aromatic heterocycles. The van der Waals surface area contributed by atoms with Gasteiger partial charge in [0, 0.05) is 26.1 Å². The highest BCUT2D eigenvalue weighted by atomic mass is 19.4. The lowest BCUT2D eigenvalue weighted by molar-refractivity contribution is -0.384. The summed E-state index contributed by atoms with van der Waals surface area (Å²) >= 11 is 0. The van der Waals surface area contributed by atoms with Gasteiger partial charge >= 0.3 is 11.9 Å². The number of rotatable bonds is 7. The van der Waals surface area contributed by atoms with Crippen LogP contribution in [0.1, 0.15) is 19.3 Å². The number of nitrogens with zero attached hydrogens (tertiary/aromatic N) is 2. The van der Waals surface area contributed by atoms with Crippen LogP contribution in [0.2, 0.25) is 0 Å². The van der Waals surface area contributed by atoms with Crippen LogP contribution >= 0.6 is 0 Å². The van der Waals surface area contributed by atoms with E-state index in [9.17, 15) is 23.3 Å². The molecule has 0 amide bonds. The van der Waals surface area contributed by atoms with E-state index in [1.807, 2.05) is 0 Å². The standard InChI is InChI=1S/C11H15F3N4O2/c1-15-9-5-4-8(18(19)20)10(17-9)16-7-3-2-6-11(12,13)14/h4-5H,2-3,6-7H2,1H3,(H2,15,16,17). The van der Waals surface area contributed by atoms with Crippen LogP contribution < -0.4 is 10.6 Å². The minimum absolute atomic E-state index is 0.0317. The van der Waals surface area contributed by atoms with Crippen molar-refractivity contribution in [3.63, 3.8) is 0 Å². The van der Waals surface area contributed by atoms with Crippen LogP contribution in [-0.4, -0.2) is 29.7 Å². The van der Waals surface area contributed by atoms with Crippen LogP contribution in [0.15, 0.2) is 12.1 Å². The summed E-state index contributed by atoms with van der Waals surface area (Å²) in [5, 5.41) is 16.2. The smallest absolute Gasteiger partial charge is 0.373 e. The summed E-state index contributed by atoms with van der Waals surface area (Å²) in [5.41, 5.74) is -0.208. The van der Waals surface area contributed by atoms with Crippen LogP contribution in [-0.2, 0) is 0 Å². The molecular weight excluding hydrogens is 277 g/mol. The van der Waals surface area contributed by atoms with Gasteiger partial charge in [0.15, 0.2) is 0 Å². The van der Waals surface area contributed by atoms with Crippen molar-refractivity contribution >= 4 is 17.3 Å². The number of alkyl halides is 3. The molecule has 0 radical (unpaired) electrons. The van der Waals surface area contributed by atoms with Gasteiger partial charge in [-0.05, 0) is 18.9 Å². The lowest BCUT2D eigenvalue weighted by atomic mass is 10.2. The van der Waals surface area contributed by atoms with Gasteiger partial charge in [0.1, 0.15) is 5.82 Å². The van der Waals surface area contributed by atoms with Crippen molar-refractivity contribution < 1.29 is 18.1 Å². The molecule has 0 atom stereocenters. The second-order valence-corrected chi connectivity index (χ2v) is 4.07. The predicted octanol–water partition coefficient (Wildman–Crippen LogP) is 3.18. The number of halogens is 3. The molecule has 9 heteroatoms. The van der Waals surface area contributed by atoms with E-state index in [-0.39, 0.29) is 30.9 Å². The number of unbranched alkanes of at least 4 members (excludes halogenated alkanes) is 1. The number of hydrogen-bond acceptors (Lipinski definition) is 5. The van der Waals surface area contributed by atoms with Gasteiger partial charge in [-0.25, -0.2) is 4.98 Å².